The van der Waals surface area contributed by atoms with Crippen molar-refractivity contribution in [3.05, 3.63) is 181 Å². The molecule has 0 N–H and O–H groups in total. The molecule has 0 saturated heterocycles. The Balaban J connectivity index is 0.901. The Labute approximate surface area is 309 Å². The van der Waals surface area contributed by atoms with Gasteiger partial charge in [-0.2, -0.15) is 0 Å². The van der Waals surface area contributed by atoms with Crippen LogP contribution in [0.25, 0.3) is 111 Å². The maximum absolute atomic E-state index is 2.46. The van der Waals surface area contributed by atoms with Gasteiger partial charge in [-0.05, 0) is 134 Å². The number of hydrogen-bond acceptors (Lipinski definition) is 0. The average molecular weight is 671 g/mol. The van der Waals surface area contributed by atoms with E-state index < -0.39 is 0 Å². The van der Waals surface area contributed by atoms with Gasteiger partial charge in [-0.3, -0.25) is 0 Å². The lowest BCUT2D eigenvalue weighted by Gasteiger charge is -2.23. The quantitative estimate of drug-likeness (QED) is 0.175. The van der Waals surface area contributed by atoms with Crippen molar-refractivity contribution in [2.45, 2.75) is 19.3 Å². The fourth-order valence-corrected chi connectivity index (χ4v) is 10.0. The second-order valence-corrected chi connectivity index (χ2v) is 15.6. The first-order valence-corrected chi connectivity index (χ1v) is 18.8. The molecule has 0 heteroatoms. The van der Waals surface area contributed by atoms with Crippen molar-refractivity contribution >= 4 is 21.5 Å². The Bertz CT molecular complexity index is 3000. The maximum atomic E-state index is 2.46. The fraction of sp³-hybridized carbons (Fsp3) is 0.0566. The molecule has 3 aliphatic rings. The lowest BCUT2D eigenvalue weighted by atomic mass is 9.80. The van der Waals surface area contributed by atoms with E-state index in [1.54, 1.807) is 0 Å². The Morgan fingerprint density at radius 1 is 0.264 bits per heavy atom. The number of benzene rings is 9. The van der Waals surface area contributed by atoms with Crippen molar-refractivity contribution in [2.24, 2.45) is 0 Å². The van der Waals surface area contributed by atoms with Crippen molar-refractivity contribution in [1.82, 2.24) is 0 Å². The van der Waals surface area contributed by atoms with Gasteiger partial charge in [-0.15, -0.1) is 0 Å². The van der Waals surface area contributed by atoms with Crippen LogP contribution in [0.2, 0.25) is 0 Å². The second-order valence-electron chi connectivity index (χ2n) is 15.6. The molecular weight excluding hydrogens is 637 g/mol. The lowest BCUT2D eigenvalue weighted by molar-refractivity contribution is 0.661. The van der Waals surface area contributed by atoms with Gasteiger partial charge in [-0.25, -0.2) is 0 Å². The minimum atomic E-state index is -0.121. The van der Waals surface area contributed by atoms with Crippen LogP contribution in [-0.2, 0) is 5.41 Å². The number of fused-ring (bicyclic) bond motifs is 9. The van der Waals surface area contributed by atoms with E-state index in [1.807, 2.05) is 0 Å². The molecule has 9 aromatic carbocycles. The monoisotopic (exact) mass is 670 g/mol. The largest absolute Gasteiger partial charge is 0.0616 e. The molecule has 0 bridgehead atoms. The first-order chi connectivity index (χ1) is 26.0. The van der Waals surface area contributed by atoms with Crippen LogP contribution in [0.4, 0.5) is 0 Å². The van der Waals surface area contributed by atoms with E-state index in [1.165, 1.54) is 122 Å². The normalized spacial score (nSPS) is 13.6. The Morgan fingerprint density at radius 2 is 0.623 bits per heavy atom. The first kappa shape index (κ1) is 29.1. The van der Waals surface area contributed by atoms with E-state index in [2.05, 4.69) is 184 Å². The van der Waals surface area contributed by atoms with E-state index in [-0.39, 0.29) is 5.41 Å². The standard InChI is InChI=1S/C53H34/c1-53(2)49-29-33(31-17-19-32(20-18-31)35-25-27-47-39-11-5-3-9-37(39)45-15-7-13-43(35)51(45)47)21-23-41(49)42-24-22-34(30-50(42)53)36-26-28-48-40-12-6-4-10-38(40)46-16-8-14-44(36)52(46)48/h3-30H,1-2H3. The van der Waals surface area contributed by atoms with E-state index in [0.29, 0.717) is 0 Å². The van der Waals surface area contributed by atoms with Crippen molar-refractivity contribution in [1.29, 1.82) is 0 Å². The van der Waals surface area contributed by atoms with Gasteiger partial charge in [0.1, 0.15) is 0 Å². The Hall–Kier alpha value is -6.50. The number of hydrogen-bond donors (Lipinski definition) is 0. The summed E-state index contributed by atoms with van der Waals surface area (Å²) >= 11 is 0. The molecule has 0 spiro atoms. The minimum Gasteiger partial charge on any atom is -0.0616 e. The summed E-state index contributed by atoms with van der Waals surface area (Å²) in [6, 6.07) is 64.0. The third-order valence-corrected chi connectivity index (χ3v) is 12.6. The molecule has 0 fully saturated rings. The highest BCUT2D eigenvalue weighted by Gasteiger charge is 2.36. The molecule has 0 atom stereocenters. The van der Waals surface area contributed by atoms with Crippen LogP contribution in [-0.4, -0.2) is 0 Å². The third kappa shape index (κ3) is 3.85. The average Bonchev–Trinajstić information content (AvgIpc) is 3.80. The van der Waals surface area contributed by atoms with Crippen LogP contribution in [0.1, 0.15) is 25.0 Å². The predicted octanol–water partition coefficient (Wildman–Crippen LogP) is 14.6. The van der Waals surface area contributed by atoms with Crippen molar-refractivity contribution in [3.63, 3.8) is 0 Å². The van der Waals surface area contributed by atoms with Gasteiger partial charge in [0.15, 0.2) is 0 Å². The van der Waals surface area contributed by atoms with E-state index >= 15 is 0 Å². The van der Waals surface area contributed by atoms with Gasteiger partial charge in [-0.1, -0.05) is 172 Å². The second kappa shape index (κ2) is 10.3. The van der Waals surface area contributed by atoms with Gasteiger partial charge >= 0.3 is 0 Å². The zero-order chi connectivity index (χ0) is 35.0. The summed E-state index contributed by atoms with van der Waals surface area (Å²) in [6.45, 7) is 4.79. The minimum absolute atomic E-state index is 0.121. The molecule has 0 radical (unpaired) electrons. The molecule has 0 aromatic heterocycles. The summed E-state index contributed by atoms with van der Waals surface area (Å²) in [7, 11) is 0. The molecule has 53 heavy (non-hydrogen) atoms. The zero-order valence-electron chi connectivity index (χ0n) is 29.7. The summed E-state index contributed by atoms with van der Waals surface area (Å²) in [5.74, 6) is 0. The molecule has 9 aromatic rings. The number of rotatable bonds is 3. The molecule has 0 unspecified atom stereocenters. The highest BCUT2D eigenvalue weighted by atomic mass is 14.4. The summed E-state index contributed by atoms with van der Waals surface area (Å²) in [4.78, 5) is 0. The van der Waals surface area contributed by atoms with Gasteiger partial charge in [0, 0.05) is 5.41 Å². The van der Waals surface area contributed by atoms with Gasteiger partial charge < -0.3 is 0 Å². The molecule has 0 saturated carbocycles. The molecular formula is C53H34. The molecule has 0 nitrogen and oxygen atoms in total. The van der Waals surface area contributed by atoms with Crippen molar-refractivity contribution in [3.8, 4) is 89.0 Å². The molecule has 0 heterocycles. The summed E-state index contributed by atoms with van der Waals surface area (Å²) < 4.78 is 0. The van der Waals surface area contributed by atoms with Crippen LogP contribution in [0, 0.1) is 0 Å². The summed E-state index contributed by atoms with van der Waals surface area (Å²) in [5, 5.41) is 5.40. The zero-order valence-corrected chi connectivity index (χ0v) is 29.7. The molecule has 3 aliphatic carbocycles. The van der Waals surface area contributed by atoms with Gasteiger partial charge in [0.25, 0.3) is 0 Å². The molecule has 0 aliphatic heterocycles. The van der Waals surface area contributed by atoms with Crippen LogP contribution >= 0.6 is 0 Å². The fourth-order valence-electron chi connectivity index (χ4n) is 10.0. The van der Waals surface area contributed by atoms with Crippen LogP contribution in [0.15, 0.2) is 170 Å². The van der Waals surface area contributed by atoms with Crippen molar-refractivity contribution in [2.75, 3.05) is 0 Å². The molecule has 246 valence electrons. The van der Waals surface area contributed by atoms with Gasteiger partial charge in [0.05, 0.1) is 0 Å². The predicted molar refractivity (Wildman–Crippen MR) is 224 cm³/mol. The SMILES string of the molecule is CC1(C)c2cc(-c3ccc(-c4ccc5c6c(cccc46)-c4ccccc4-5)cc3)ccc2-c2ccc(-c3ccc4c5c(cccc35)-c3ccccc3-4)cc21. The Kier molecular flexibility index (Phi) is 5.66. The summed E-state index contributed by atoms with van der Waals surface area (Å²) in [5.41, 5.74) is 23.8. The Morgan fingerprint density at radius 3 is 1.15 bits per heavy atom. The lowest BCUT2D eigenvalue weighted by Crippen LogP contribution is -2.15. The van der Waals surface area contributed by atoms with E-state index in [4.69, 9.17) is 0 Å². The van der Waals surface area contributed by atoms with Crippen LogP contribution < -0.4 is 0 Å². The van der Waals surface area contributed by atoms with Crippen LogP contribution in [0.5, 0.6) is 0 Å². The first-order valence-electron chi connectivity index (χ1n) is 18.8. The van der Waals surface area contributed by atoms with E-state index in [9.17, 15) is 0 Å². The van der Waals surface area contributed by atoms with Crippen LogP contribution in [0.3, 0.4) is 0 Å². The summed E-state index contributed by atoms with van der Waals surface area (Å²) in [6.07, 6.45) is 0. The molecule has 0 amide bonds. The smallest absolute Gasteiger partial charge is 0.0159 e. The van der Waals surface area contributed by atoms with E-state index in [0.717, 1.165) is 0 Å². The highest BCUT2D eigenvalue weighted by Crippen LogP contribution is 2.53. The maximum Gasteiger partial charge on any atom is 0.0159 e. The van der Waals surface area contributed by atoms with Crippen molar-refractivity contribution < 1.29 is 0 Å². The molecule has 12 rings (SSSR count). The topological polar surface area (TPSA) is 0 Å². The third-order valence-electron chi connectivity index (χ3n) is 12.6. The van der Waals surface area contributed by atoms with Gasteiger partial charge in [0.2, 0.25) is 0 Å². The highest BCUT2D eigenvalue weighted by molar-refractivity contribution is 6.20.